The number of nitrogens with one attached hydrogen (secondary N) is 1. The van der Waals surface area contributed by atoms with E-state index in [4.69, 9.17) is 15.9 Å². The van der Waals surface area contributed by atoms with E-state index in [-0.39, 0.29) is 18.5 Å². The van der Waals surface area contributed by atoms with E-state index in [1.54, 1.807) is 0 Å². The first-order valence-electron chi connectivity index (χ1n) is 14.7. The molecule has 35 heavy (non-hydrogen) atoms. The average molecular weight is 492 g/mol. The molecule has 0 aromatic carbocycles. The van der Waals surface area contributed by atoms with Gasteiger partial charge < -0.3 is 14.8 Å². The van der Waals surface area contributed by atoms with E-state index < -0.39 is 12.1 Å². The Morgan fingerprint density at radius 3 is 1.80 bits per heavy atom. The van der Waals surface area contributed by atoms with Gasteiger partial charge in [-0.1, -0.05) is 116 Å². The molecule has 0 bridgehead atoms. The zero-order chi connectivity index (χ0) is 25.4. The van der Waals surface area contributed by atoms with Gasteiger partial charge in [-0.05, 0) is 25.2 Å². The normalized spacial score (nSPS) is 14.7. The van der Waals surface area contributed by atoms with Gasteiger partial charge >= 0.3 is 12.1 Å². The summed E-state index contributed by atoms with van der Waals surface area (Å²) >= 11 is 0. The first-order chi connectivity index (χ1) is 17.2. The minimum Gasteiger partial charge on any atom is -0.464 e. The van der Waals surface area contributed by atoms with Gasteiger partial charge in [0.15, 0.2) is 0 Å². The highest BCUT2D eigenvalue weighted by molar-refractivity contribution is 5.81. The molecule has 1 amide bonds. The number of hydrogen-bond acceptors (Lipinski definition) is 4. The van der Waals surface area contributed by atoms with E-state index >= 15 is 0 Å². The van der Waals surface area contributed by atoms with Gasteiger partial charge in [-0.3, -0.25) is 0 Å². The Kier molecular flexibility index (Phi) is 20.4. The number of hydrogen-bond donors (Lipinski definition) is 1. The van der Waals surface area contributed by atoms with Gasteiger partial charge in [0.25, 0.3) is 0 Å². The minimum absolute atomic E-state index is 0.123. The first kappa shape index (κ1) is 31.3. The van der Waals surface area contributed by atoms with Crippen molar-refractivity contribution in [2.24, 2.45) is 5.92 Å². The highest BCUT2D eigenvalue weighted by Crippen LogP contribution is 2.27. The van der Waals surface area contributed by atoms with Crippen LogP contribution in [0.3, 0.4) is 0 Å². The van der Waals surface area contributed by atoms with Gasteiger partial charge in [0.2, 0.25) is 0 Å². The van der Waals surface area contributed by atoms with Crippen molar-refractivity contribution >= 4 is 12.1 Å². The van der Waals surface area contributed by atoms with E-state index in [0.29, 0.717) is 13.0 Å². The second kappa shape index (κ2) is 22.7. The van der Waals surface area contributed by atoms with Gasteiger partial charge in [-0.15, -0.1) is 12.3 Å². The van der Waals surface area contributed by atoms with Crippen LogP contribution in [0.25, 0.3) is 0 Å². The molecule has 1 N–H and O–H groups in total. The third-order valence-electron chi connectivity index (χ3n) is 7.12. The number of alkyl carbamates (subject to hydrolysis) is 1. The van der Waals surface area contributed by atoms with Crippen LogP contribution >= 0.6 is 0 Å². The minimum atomic E-state index is -0.620. The lowest BCUT2D eigenvalue weighted by molar-refractivity contribution is -0.148. The molecule has 1 unspecified atom stereocenters. The van der Waals surface area contributed by atoms with Crippen molar-refractivity contribution in [1.82, 2.24) is 5.32 Å². The monoisotopic (exact) mass is 491 g/mol. The highest BCUT2D eigenvalue weighted by Gasteiger charge is 2.32. The molecule has 1 atom stereocenters. The maximum absolute atomic E-state index is 12.7. The van der Waals surface area contributed by atoms with Gasteiger partial charge in [0, 0.05) is 6.42 Å². The van der Waals surface area contributed by atoms with Crippen LogP contribution in [-0.4, -0.2) is 31.3 Å². The Labute approximate surface area is 215 Å². The quantitative estimate of drug-likeness (QED) is 0.100. The van der Waals surface area contributed by atoms with Crippen molar-refractivity contribution in [3.05, 3.63) is 0 Å². The Morgan fingerprint density at radius 1 is 0.771 bits per heavy atom. The van der Waals surface area contributed by atoms with Crippen LogP contribution in [-0.2, 0) is 14.3 Å². The fourth-order valence-corrected chi connectivity index (χ4v) is 4.94. The van der Waals surface area contributed by atoms with Gasteiger partial charge in [0.05, 0.1) is 6.61 Å². The molecule has 1 aliphatic rings. The SMILES string of the molecule is C#CCCOC(=O)NC(C(=O)OCCCCCCCCCCCCCCCCC)C1CCCCC1. The number of rotatable bonds is 21. The summed E-state index contributed by atoms with van der Waals surface area (Å²) in [7, 11) is 0. The number of amides is 1. The molecule has 202 valence electrons. The van der Waals surface area contributed by atoms with E-state index in [1.807, 2.05) is 0 Å². The summed E-state index contributed by atoms with van der Waals surface area (Å²) in [5, 5.41) is 2.75. The summed E-state index contributed by atoms with van der Waals surface area (Å²) < 4.78 is 10.6. The molecule has 5 nitrogen and oxygen atoms in total. The van der Waals surface area contributed by atoms with Crippen molar-refractivity contribution in [3.63, 3.8) is 0 Å². The summed E-state index contributed by atoms with van der Waals surface area (Å²) in [5.41, 5.74) is 0. The van der Waals surface area contributed by atoms with E-state index in [0.717, 1.165) is 38.5 Å². The molecule has 1 rings (SSSR count). The molecule has 0 radical (unpaired) electrons. The predicted octanol–water partition coefficient (Wildman–Crippen LogP) is 8.10. The summed E-state index contributed by atoms with van der Waals surface area (Å²) in [6, 6.07) is -0.620. The maximum Gasteiger partial charge on any atom is 0.407 e. The fraction of sp³-hybridized carbons (Fsp3) is 0.867. The van der Waals surface area contributed by atoms with Crippen molar-refractivity contribution < 1.29 is 19.1 Å². The zero-order valence-corrected chi connectivity index (χ0v) is 22.6. The third-order valence-corrected chi connectivity index (χ3v) is 7.12. The van der Waals surface area contributed by atoms with Crippen LogP contribution in [0.2, 0.25) is 0 Å². The second-order valence-corrected chi connectivity index (χ2v) is 10.2. The number of carbonyl (C=O) groups excluding carboxylic acids is 2. The second-order valence-electron chi connectivity index (χ2n) is 10.2. The fourth-order valence-electron chi connectivity index (χ4n) is 4.94. The van der Waals surface area contributed by atoms with Crippen molar-refractivity contribution in [2.45, 2.75) is 148 Å². The topological polar surface area (TPSA) is 64.6 Å². The van der Waals surface area contributed by atoms with E-state index in [1.165, 1.54) is 89.9 Å². The Hall–Kier alpha value is -1.70. The predicted molar refractivity (Wildman–Crippen MR) is 144 cm³/mol. The van der Waals surface area contributed by atoms with Crippen LogP contribution in [0.15, 0.2) is 0 Å². The lowest BCUT2D eigenvalue weighted by atomic mass is 9.84. The molecule has 0 aromatic rings. The highest BCUT2D eigenvalue weighted by atomic mass is 16.6. The van der Waals surface area contributed by atoms with Crippen molar-refractivity contribution in [2.75, 3.05) is 13.2 Å². The summed E-state index contributed by atoms with van der Waals surface area (Å²) in [5.74, 6) is 2.24. The molecule has 0 saturated heterocycles. The largest absolute Gasteiger partial charge is 0.464 e. The van der Waals surface area contributed by atoms with E-state index in [9.17, 15) is 9.59 Å². The molecular weight excluding hydrogens is 438 g/mol. The zero-order valence-electron chi connectivity index (χ0n) is 22.6. The lowest BCUT2D eigenvalue weighted by Crippen LogP contribution is -2.47. The Bertz CT molecular complexity index is 565. The number of esters is 1. The van der Waals surface area contributed by atoms with Crippen molar-refractivity contribution in [1.29, 1.82) is 0 Å². The summed E-state index contributed by atoms with van der Waals surface area (Å²) in [6.45, 7) is 2.86. The molecule has 0 aliphatic heterocycles. The van der Waals surface area contributed by atoms with Gasteiger partial charge in [-0.25, -0.2) is 9.59 Å². The summed E-state index contributed by atoms with van der Waals surface area (Å²) in [6.07, 6.45) is 29.8. The van der Waals surface area contributed by atoms with Crippen LogP contribution in [0.5, 0.6) is 0 Å². The molecule has 1 saturated carbocycles. The molecule has 0 spiro atoms. The van der Waals surface area contributed by atoms with Crippen molar-refractivity contribution in [3.8, 4) is 12.3 Å². The molecule has 0 heterocycles. The molecular formula is C30H53NO4. The smallest absolute Gasteiger partial charge is 0.407 e. The van der Waals surface area contributed by atoms with Gasteiger partial charge in [0.1, 0.15) is 12.6 Å². The molecule has 5 heteroatoms. The number of ether oxygens (including phenoxy) is 2. The molecule has 0 aromatic heterocycles. The Balaban J connectivity index is 2.07. The van der Waals surface area contributed by atoms with Crippen LogP contribution in [0.1, 0.15) is 142 Å². The van der Waals surface area contributed by atoms with Crippen LogP contribution in [0, 0.1) is 18.3 Å². The maximum atomic E-state index is 12.7. The number of carbonyl (C=O) groups is 2. The Morgan fingerprint density at radius 2 is 1.29 bits per heavy atom. The lowest BCUT2D eigenvalue weighted by Gasteiger charge is -2.29. The first-order valence-corrected chi connectivity index (χ1v) is 14.7. The van der Waals surface area contributed by atoms with Crippen LogP contribution in [0.4, 0.5) is 4.79 Å². The van der Waals surface area contributed by atoms with E-state index in [2.05, 4.69) is 18.2 Å². The average Bonchev–Trinajstić information content (AvgIpc) is 2.87. The molecule has 1 fully saturated rings. The third kappa shape index (κ3) is 17.4. The summed E-state index contributed by atoms with van der Waals surface area (Å²) in [4.78, 5) is 24.8. The van der Waals surface area contributed by atoms with Gasteiger partial charge in [-0.2, -0.15) is 0 Å². The number of unbranched alkanes of at least 4 members (excludes halogenated alkanes) is 14. The standard InChI is InChI=1S/C30H53NO4/c1-3-5-7-8-9-10-11-12-13-14-15-16-17-18-22-26-34-29(32)28(27-23-20-19-21-24-27)31-30(33)35-25-6-4-2/h2,27-28H,3,5-26H2,1H3,(H,31,33). The molecule has 1 aliphatic carbocycles. The van der Waals surface area contributed by atoms with Crippen LogP contribution < -0.4 is 5.32 Å². The number of terminal acetylenes is 1.